The zero-order valence-corrected chi connectivity index (χ0v) is 9.68. The van der Waals surface area contributed by atoms with Gasteiger partial charge in [0.1, 0.15) is 6.54 Å². The molecule has 18 heavy (non-hydrogen) atoms. The molecule has 1 heterocycles. The second-order valence-electron chi connectivity index (χ2n) is 3.05. The summed E-state index contributed by atoms with van der Waals surface area (Å²) in [6, 6.07) is 3.05. The first-order valence-corrected chi connectivity index (χ1v) is 5.18. The van der Waals surface area contributed by atoms with Crippen molar-refractivity contribution in [2.75, 3.05) is 13.2 Å². The van der Waals surface area contributed by atoms with E-state index in [1.807, 2.05) is 0 Å². The fourth-order valence-electron chi connectivity index (χ4n) is 1.11. The minimum atomic E-state index is -2.96. The molecule has 1 aromatic heterocycles. The number of halogens is 2. The van der Waals surface area contributed by atoms with Crippen molar-refractivity contribution < 1.29 is 23.0 Å². The molecule has 0 atom stereocenters. The van der Waals surface area contributed by atoms with E-state index in [9.17, 15) is 13.6 Å². The molecule has 0 saturated heterocycles. The predicted octanol–water partition coefficient (Wildman–Crippen LogP) is 1.67. The average Bonchev–Trinajstić information content (AvgIpc) is 2.31. The lowest BCUT2D eigenvalue weighted by Gasteiger charge is -2.05. The van der Waals surface area contributed by atoms with Gasteiger partial charge in [-0.15, -0.1) is 0 Å². The van der Waals surface area contributed by atoms with Crippen LogP contribution < -0.4 is 4.74 Å². The Labute approximate surface area is 102 Å². The number of aliphatic imine (C=N–C) groups is 1. The fourth-order valence-corrected chi connectivity index (χ4v) is 1.11. The summed E-state index contributed by atoms with van der Waals surface area (Å²) in [5, 5.41) is 0. The second kappa shape index (κ2) is 7.31. The van der Waals surface area contributed by atoms with Gasteiger partial charge in [-0.25, -0.2) is 4.98 Å². The minimum absolute atomic E-state index is 0.184. The Bertz CT molecular complexity index is 425. The first kappa shape index (κ1) is 14.0. The number of alkyl halides is 2. The number of carbonyl (C=O) groups is 1. The zero-order chi connectivity index (χ0) is 13.4. The highest BCUT2D eigenvalue weighted by Gasteiger charge is 2.09. The minimum Gasteiger partial charge on any atom is -0.465 e. The van der Waals surface area contributed by atoms with E-state index < -0.39 is 12.6 Å². The molecule has 0 spiro atoms. The highest BCUT2D eigenvalue weighted by atomic mass is 19.3. The average molecular weight is 258 g/mol. The zero-order valence-electron chi connectivity index (χ0n) is 9.68. The van der Waals surface area contributed by atoms with Gasteiger partial charge in [0, 0.05) is 12.4 Å². The van der Waals surface area contributed by atoms with Crippen LogP contribution in [0.5, 0.6) is 5.88 Å². The standard InChI is InChI=1S/C11H12F2N2O3/c1-2-17-9(16)7-14-6-8-4-3-5-15-10(8)18-11(12)13/h3-6,11H,2,7H2,1H3. The predicted molar refractivity (Wildman–Crippen MR) is 60.0 cm³/mol. The van der Waals surface area contributed by atoms with Gasteiger partial charge in [-0.2, -0.15) is 8.78 Å². The lowest BCUT2D eigenvalue weighted by Crippen LogP contribution is -2.08. The lowest BCUT2D eigenvalue weighted by molar-refractivity contribution is -0.141. The van der Waals surface area contributed by atoms with Crippen LogP contribution in [0, 0.1) is 0 Å². The maximum Gasteiger partial charge on any atom is 0.388 e. The Kier molecular flexibility index (Phi) is 5.69. The van der Waals surface area contributed by atoms with Crippen LogP contribution in [-0.2, 0) is 9.53 Å². The largest absolute Gasteiger partial charge is 0.465 e. The Morgan fingerprint density at radius 3 is 3.06 bits per heavy atom. The van der Waals surface area contributed by atoms with E-state index in [2.05, 4.69) is 19.5 Å². The van der Waals surface area contributed by atoms with Crippen molar-refractivity contribution in [3.05, 3.63) is 23.9 Å². The van der Waals surface area contributed by atoms with Gasteiger partial charge in [0.25, 0.3) is 0 Å². The molecule has 0 radical (unpaired) electrons. The van der Waals surface area contributed by atoms with E-state index in [4.69, 9.17) is 0 Å². The summed E-state index contributed by atoms with van der Waals surface area (Å²) in [5.41, 5.74) is 0.266. The lowest BCUT2D eigenvalue weighted by atomic mass is 10.3. The maximum absolute atomic E-state index is 12.1. The number of aromatic nitrogens is 1. The van der Waals surface area contributed by atoms with Crippen molar-refractivity contribution in [1.82, 2.24) is 4.98 Å². The van der Waals surface area contributed by atoms with Gasteiger partial charge >= 0.3 is 12.6 Å². The molecule has 98 valence electrons. The summed E-state index contributed by atoms with van der Waals surface area (Å²) < 4.78 is 33.0. The number of nitrogens with zero attached hydrogens (tertiary/aromatic N) is 2. The van der Waals surface area contributed by atoms with Crippen LogP contribution in [-0.4, -0.2) is 36.9 Å². The van der Waals surface area contributed by atoms with Gasteiger partial charge in [0.05, 0.1) is 12.2 Å². The highest BCUT2D eigenvalue weighted by Crippen LogP contribution is 2.14. The maximum atomic E-state index is 12.1. The van der Waals surface area contributed by atoms with Crippen LogP contribution in [0.2, 0.25) is 0 Å². The summed E-state index contributed by atoms with van der Waals surface area (Å²) in [4.78, 5) is 18.4. The van der Waals surface area contributed by atoms with E-state index in [0.29, 0.717) is 0 Å². The summed E-state index contributed by atoms with van der Waals surface area (Å²) in [7, 11) is 0. The van der Waals surface area contributed by atoms with Crippen molar-refractivity contribution in [2.24, 2.45) is 4.99 Å². The van der Waals surface area contributed by atoms with Crippen molar-refractivity contribution in [2.45, 2.75) is 13.5 Å². The monoisotopic (exact) mass is 258 g/mol. The van der Waals surface area contributed by atoms with Crippen LogP contribution >= 0.6 is 0 Å². The fraction of sp³-hybridized carbons (Fsp3) is 0.364. The van der Waals surface area contributed by atoms with Gasteiger partial charge in [-0.3, -0.25) is 9.79 Å². The number of carbonyl (C=O) groups excluding carboxylic acids is 1. The van der Waals surface area contributed by atoms with Gasteiger partial charge < -0.3 is 9.47 Å². The van der Waals surface area contributed by atoms with Crippen molar-refractivity contribution >= 4 is 12.2 Å². The molecule has 0 aliphatic carbocycles. The molecule has 1 aromatic rings. The number of hydrogen-bond donors (Lipinski definition) is 0. The van der Waals surface area contributed by atoms with Gasteiger partial charge in [-0.1, -0.05) is 0 Å². The van der Waals surface area contributed by atoms with E-state index in [-0.39, 0.29) is 24.6 Å². The van der Waals surface area contributed by atoms with Gasteiger partial charge in [-0.05, 0) is 19.1 Å². The van der Waals surface area contributed by atoms with Crippen LogP contribution in [0.4, 0.5) is 8.78 Å². The molecular weight excluding hydrogens is 246 g/mol. The third-order valence-electron chi connectivity index (χ3n) is 1.76. The van der Waals surface area contributed by atoms with Crippen LogP contribution in [0.3, 0.4) is 0 Å². The third kappa shape index (κ3) is 4.86. The normalized spacial score (nSPS) is 10.9. The van der Waals surface area contributed by atoms with Gasteiger partial charge in [0.2, 0.25) is 5.88 Å². The van der Waals surface area contributed by atoms with Gasteiger partial charge in [0.15, 0.2) is 0 Å². The van der Waals surface area contributed by atoms with Crippen LogP contribution in [0.1, 0.15) is 12.5 Å². The van der Waals surface area contributed by atoms with E-state index in [0.717, 1.165) is 0 Å². The molecule has 0 aliphatic rings. The molecule has 0 bridgehead atoms. The molecular formula is C11H12F2N2O3. The smallest absolute Gasteiger partial charge is 0.388 e. The molecule has 0 saturated carbocycles. The molecule has 1 rings (SSSR count). The Hall–Kier alpha value is -2.05. The number of esters is 1. The number of rotatable bonds is 6. The number of ether oxygens (including phenoxy) is 2. The van der Waals surface area contributed by atoms with E-state index in [1.165, 1.54) is 18.5 Å². The molecule has 0 fully saturated rings. The third-order valence-corrected chi connectivity index (χ3v) is 1.76. The summed E-state index contributed by atoms with van der Waals surface area (Å²) in [6.45, 7) is -1.20. The highest BCUT2D eigenvalue weighted by molar-refractivity contribution is 5.84. The molecule has 7 heteroatoms. The number of hydrogen-bond acceptors (Lipinski definition) is 5. The Morgan fingerprint density at radius 2 is 2.39 bits per heavy atom. The van der Waals surface area contributed by atoms with Crippen molar-refractivity contribution in [3.63, 3.8) is 0 Å². The summed E-state index contributed by atoms with van der Waals surface area (Å²) >= 11 is 0. The summed E-state index contributed by atoms with van der Waals surface area (Å²) in [6.07, 6.45) is 2.56. The quantitative estimate of drug-likeness (QED) is 0.575. The van der Waals surface area contributed by atoms with Crippen LogP contribution in [0.25, 0.3) is 0 Å². The van der Waals surface area contributed by atoms with Crippen LogP contribution in [0.15, 0.2) is 23.3 Å². The molecule has 0 aliphatic heterocycles. The van der Waals surface area contributed by atoms with E-state index >= 15 is 0 Å². The molecule has 0 unspecified atom stereocenters. The second-order valence-corrected chi connectivity index (χ2v) is 3.05. The molecule has 0 aromatic carbocycles. The SMILES string of the molecule is CCOC(=O)CN=Cc1cccnc1OC(F)F. The van der Waals surface area contributed by atoms with Crippen molar-refractivity contribution in [3.8, 4) is 5.88 Å². The van der Waals surface area contributed by atoms with E-state index in [1.54, 1.807) is 13.0 Å². The topological polar surface area (TPSA) is 60.8 Å². The first-order chi connectivity index (χ1) is 8.63. The Morgan fingerprint density at radius 1 is 1.61 bits per heavy atom. The molecule has 0 N–H and O–H groups in total. The Balaban J connectivity index is 2.65. The first-order valence-electron chi connectivity index (χ1n) is 5.18. The van der Waals surface area contributed by atoms with Crippen molar-refractivity contribution in [1.29, 1.82) is 0 Å². The molecule has 0 amide bonds. The number of pyridine rings is 1. The molecule has 5 nitrogen and oxygen atoms in total. The summed E-state index contributed by atoms with van der Waals surface area (Å²) in [5.74, 6) is -0.728.